The van der Waals surface area contributed by atoms with Crippen LogP contribution in [-0.4, -0.2) is 32.1 Å². The highest BCUT2D eigenvalue weighted by Crippen LogP contribution is 2.35. The van der Waals surface area contributed by atoms with Gasteiger partial charge in [-0.1, -0.05) is 18.2 Å². The molecule has 0 N–H and O–H groups in total. The van der Waals surface area contributed by atoms with Crippen LogP contribution in [0.3, 0.4) is 0 Å². The molecule has 0 radical (unpaired) electrons. The highest BCUT2D eigenvalue weighted by atomic mass is 16.5. The monoisotopic (exact) mass is 295 g/mol. The van der Waals surface area contributed by atoms with E-state index in [1.54, 1.807) is 26.2 Å². The zero-order valence-corrected chi connectivity index (χ0v) is 12.8. The number of amides is 1. The number of nitrogens with zero attached hydrogens (tertiary/aromatic N) is 1. The van der Waals surface area contributed by atoms with Gasteiger partial charge < -0.3 is 14.4 Å². The molecule has 1 aliphatic rings. The highest BCUT2D eigenvalue weighted by molar-refractivity contribution is 6.11. The van der Waals surface area contributed by atoms with Gasteiger partial charge in [0.15, 0.2) is 0 Å². The fraction of sp³-hybridized carbons (Fsp3) is 0.167. The molecule has 112 valence electrons. The van der Waals surface area contributed by atoms with Crippen LogP contribution >= 0.6 is 0 Å². The summed E-state index contributed by atoms with van der Waals surface area (Å²) in [6.07, 6.45) is 1.95. The molecule has 3 rings (SSSR count). The zero-order valence-electron chi connectivity index (χ0n) is 12.8. The molecular formula is C18H17NO3. The van der Waals surface area contributed by atoms with Gasteiger partial charge in [0.05, 0.1) is 19.9 Å². The first-order valence-electron chi connectivity index (χ1n) is 6.97. The van der Waals surface area contributed by atoms with Crippen molar-refractivity contribution < 1.29 is 14.3 Å². The van der Waals surface area contributed by atoms with Crippen molar-refractivity contribution in [1.82, 2.24) is 4.90 Å². The molecule has 1 heterocycles. The predicted molar refractivity (Wildman–Crippen MR) is 86.0 cm³/mol. The number of rotatable bonds is 3. The Balaban J connectivity index is 2.15. The summed E-state index contributed by atoms with van der Waals surface area (Å²) in [5.74, 6) is 1.48. The smallest absolute Gasteiger partial charge is 0.258 e. The fourth-order valence-corrected chi connectivity index (χ4v) is 2.64. The Morgan fingerprint density at radius 2 is 1.73 bits per heavy atom. The van der Waals surface area contributed by atoms with Crippen molar-refractivity contribution in [2.45, 2.75) is 0 Å². The van der Waals surface area contributed by atoms with Crippen LogP contribution in [0.1, 0.15) is 21.5 Å². The Morgan fingerprint density at radius 1 is 1.00 bits per heavy atom. The molecule has 0 saturated heterocycles. The third-order valence-electron chi connectivity index (χ3n) is 3.83. The van der Waals surface area contributed by atoms with Gasteiger partial charge in [-0.05, 0) is 30.3 Å². The molecule has 0 atom stereocenters. The lowest BCUT2D eigenvalue weighted by molar-refractivity contribution is 0.0875. The standard InChI is InChI=1S/C18H17NO3/c1-19-16(14-6-4-5-7-15(14)18(19)20)11-12-10-13(21-2)8-9-17(12)22-3/h4-11H,1-3H3/b16-11+. The first-order chi connectivity index (χ1) is 10.7. The summed E-state index contributed by atoms with van der Waals surface area (Å²) in [6, 6.07) is 13.2. The van der Waals surface area contributed by atoms with Crippen molar-refractivity contribution in [3.05, 3.63) is 59.2 Å². The Bertz CT molecular complexity index is 765. The lowest BCUT2D eigenvalue weighted by Gasteiger charge is -2.13. The summed E-state index contributed by atoms with van der Waals surface area (Å²) in [5.41, 5.74) is 3.37. The number of carbonyl (C=O) groups is 1. The number of methoxy groups -OCH3 is 2. The fourth-order valence-electron chi connectivity index (χ4n) is 2.64. The van der Waals surface area contributed by atoms with E-state index >= 15 is 0 Å². The number of benzene rings is 2. The van der Waals surface area contributed by atoms with E-state index < -0.39 is 0 Å². The minimum atomic E-state index is 0.00344. The van der Waals surface area contributed by atoms with Gasteiger partial charge in [0.2, 0.25) is 0 Å². The number of fused-ring (bicyclic) bond motifs is 1. The molecule has 0 aromatic heterocycles. The van der Waals surface area contributed by atoms with Gasteiger partial charge in [0.25, 0.3) is 5.91 Å². The van der Waals surface area contributed by atoms with Crippen LogP contribution in [0.25, 0.3) is 11.8 Å². The first-order valence-corrected chi connectivity index (χ1v) is 6.97. The molecule has 2 aromatic rings. The topological polar surface area (TPSA) is 38.8 Å². The molecule has 0 unspecified atom stereocenters. The maximum atomic E-state index is 12.3. The lowest BCUT2D eigenvalue weighted by atomic mass is 10.1. The Hall–Kier alpha value is -2.75. The Morgan fingerprint density at radius 3 is 2.41 bits per heavy atom. The number of carbonyl (C=O) groups excluding carboxylic acids is 1. The Kier molecular flexibility index (Phi) is 3.59. The maximum absolute atomic E-state index is 12.3. The number of ether oxygens (including phenoxy) is 2. The summed E-state index contributed by atoms with van der Waals surface area (Å²) >= 11 is 0. The van der Waals surface area contributed by atoms with Gasteiger partial charge in [0.1, 0.15) is 11.5 Å². The van der Waals surface area contributed by atoms with Crippen molar-refractivity contribution in [3.8, 4) is 11.5 Å². The quantitative estimate of drug-likeness (QED) is 0.872. The molecule has 0 saturated carbocycles. The van der Waals surface area contributed by atoms with Gasteiger partial charge in [-0.3, -0.25) is 4.79 Å². The SMILES string of the molecule is COc1ccc(OC)c(/C=C2\c3ccccc3C(=O)N2C)c1. The van der Waals surface area contributed by atoms with E-state index in [-0.39, 0.29) is 5.91 Å². The van der Waals surface area contributed by atoms with Crippen LogP contribution in [0.15, 0.2) is 42.5 Å². The zero-order chi connectivity index (χ0) is 15.7. The third kappa shape index (κ3) is 2.22. The van der Waals surface area contributed by atoms with E-state index in [2.05, 4.69) is 0 Å². The molecule has 1 aliphatic heterocycles. The first kappa shape index (κ1) is 14.2. The van der Waals surface area contributed by atoms with Gasteiger partial charge in [0, 0.05) is 23.7 Å². The summed E-state index contributed by atoms with van der Waals surface area (Å²) in [7, 11) is 5.03. The highest BCUT2D eigenvalue weighted by Gasteiger charge is 2.29. The number of hydrogen-bond acceptors (Lipinski definition) is 3. The molecule has 4 nitrogen and oxygen atoms in total. The number of hydrogen-bond donors (Lipinski definition) is 0. The van der Waals surface area contributed by atoms with Crippen LogP contribution in [-0.2, 0) is 0 Å². The molecule has 0 fully saturated rings. The van der Waals surface area contributed by atoms with Crippen molar-refractivity contribution >= 4 is 17.7 Å². The summed E-state index contributed by atoms with van der Waals surface area (Å²) in [6.45, 7) is 0. The van der Waals surface area contributed by atoms with Gasteiger partial charge in [-0.25, -0.2) is 0 Å². The van der Waals surface area contributed by atoms with Crippen LogP contribution in [0.5, 0.6) is 11.5 Å². The largest absolute Gasteiger partial charge is 0.497 e. The summed E-state index contributed by atoms with van der Waals surface area (Å²) < 4.78 is 10.7. The van der Waals surface area contributed by atoms with E-state index in [0.717, 1.165) is 33.9 Å². The average Bonchev–Trinajstić information content (AvgIpc) is 2.80. The van der Waals surface area contributed by atoms with E-state index in [9.17, 15) is 4.79 Å². The lowest BCUT2D eigenvalue weighted by Crippen LogP contribution is -2.17. The third-order valence-corrected chi connectivity index (χ3v) is 3.83. The Labute approximate surface area is 129 Å². The van der Waals surface area contributed by atoms with E-state index in [4.69, 9.17) is 9.47 Å². The van der Waals surface area contributed by atoms with Crippen LogP contribution in [0, 0.1) is 0 Å². The molecular weight excluding hydrogens is 278 g/mol. The normalized spacial score (nSPS) is 15.1. The van der Waals surface area contributed by atoms with E-state index in [1.807, 2.05) is 48.5 Å². The predicted octanol–water partition coefficient (Wildman–Crippen LogP) is 3.29. The molecule has 22 heavy (non-hydrogen) atoms. The van der Waals surface area contributed by atoms with Crippen LogP contribution < -0.4 is 9.47 Å². The van der Waals surface area contributed by atoms with E-state index in [1.165, 1.54) is 0 Å². The maximum Gasteiger partial charge on any atom is 0.258 e. The van der Waals surface area contributed by atoms with Crippen LogP contribution in [0.4, 0.5) is 0 Å². The average molecular weight is 295 g/mol. The minimum absolute atomic E-state index is 0.00344. The minimum Gasteiger partial charge on any atom is -0.497 e. The van der Waals surface area contributed by atoms with Crippen molar-refractivity contribution in [2.75, 3.05) is 21.3 Å². The van der Waals surface area contributed by atoms with E-state index in [0.29, 0.717) is 0 Å². The molecule has 1 amide bonds. The molecule has 0 spiro atoms. The molecule has 0 aliphatic carbocycles. The summed E-state index contributed by atoms with van der Waals surface area (Å²) in [5, 5.41) is 0. The second-order valence-electron chi connectivity index (χ2n) is 5.05. The second-order valence-corrected chi connectivity index (χ2v) is 5.05. The van der Waals surface area contributed by atoms with Crippen LogP contribution in [0.2, 0.25) is 0 Å². The van der Waals surface area contributed by atoms with Gasteiger partial charge >= 0.3 is 0 Å². The van der Waals surface area contributed by atoms with Crippen molar-refractivity contribution in [1.29, 1.82) is 0 Å². The van der Waals surface area contributed by atoms with Crippen molar-refractivity contribution in [3.63, 3.8) is 0 Å². The van der Waals surface area contributed by atoms with Crippen molar-refractivity contribution in [2.24, 2.45) is 0 Å². The molecule has 0 bridgehead atoms. The van der Waals surface area contributed by atoms with Gasteiger partial charge in [-0.15, -0.1) is 0 Å². The second kappa shape index (κ2) is 5.56. The van der Waals surface area contributed by atoms with Gasteiger partial charge in [-0.2, -0.15) is 0 Å². The molecule has 2 aromatic carbocycles. The molecule has 4 heteroatoms. The summed E-state index contributed by atoms with van der Waals surface area (Å²) in [4.78, 5) is 14.0.